The van der Waals surface area contributed by atoms with Crippen LogP contribution in [0.5, 0.6) is 0 Å². The quantitative estimate of drug-likeness (QED) is 0.0522. The fourth-order valence-corrected chi connectivity index (χ4v) is 6.92. The van der Waals surface area contributed by atoms with E-state index in [1.807, 2.05) is 72.8 Å². The fraction of sp³-hybridized carbons (Fsp3) is 0.304. The zero-order chi connectivity index (χ0) is 38.2. The molecule has 0 aliphatic carbocycles. The van der Waals surface area contributed by atoms with E-state index in [0.717, 1.165) is 55.5 Å². The third-order valence-corrected chi connectivity index (χ3v) is 9.81. The standard InChI is InChI=1S/C46H52N4O5/c47-41-20-11-12-21-42(41)49-45(53)23-10-2-1-9-22-44(52)48-39-19-13-18-38(28-39)46-54-40(29-43(55-46)37-26-24-36(33-51)25-27-37)32-50(30-34-14-5-3-6-15-34)31-35-16-7-4-8-17-35/h3-8,11-21,24-28,40,43,46,51H,1-2,9-10,22-23,29-33,47H2,(H,48,52)(H,49,53)/t40-,43+,46+/m1/s1. The van der Waals surface area contributed by atoms with E-state index in [-0.39, 0.29) is 30.6 Å². The molecule has 1 aliphatic rings. The first-order valence-corrected chi connectivity index (χ1v) is 19.3. The number of nitrogen functional groups attached to an aromatic ring is 1. The Morgan fingerprint density at radius 3 is 1.91 bits per heavy atom. The maximum absolute atomic E-state index is 13.0. The Labute approximate surface area is 324 Å². The zero-order valence-electron chi connectivity index (χ0n) is 31.3. The number of aliphatic hydroxyl groups is 1. The van der Waals surface area contributed by atoms with Gasteiger partial charge in [0.1, 0.15) is 0 Å². The lowest BCUT2D eigenvalue weighted by Crippen LogP contribution is -2.39. The molecular weight excluding hydrogens is 689 g/mol. The van der Waals surface area contributed by atoms with E-state index >= 15 is 0 Å². The molecule has 1 saturated heterocycles. The number of nitrogens with zero attached hydrogens (tertiary/aromatic N) is 1. The van der Waals surface area contributed by atoms with E-state index in [1.54, 1.807) is 12.1 Å². The number of ether oxygens (including phenoxy) is 2. The summed E-state index contributed by atoms with van der Waals surface area (Å²) in [5, 5.41) is 15.6. The summed E-state index contributed by atoms with van der Waals surface area (Å²) in [7, 11) is 0. The van der Waals surface area contributed by atoms with Crippen molar-refractivity contribution in [3.8, 4) is 0 Å². The van der Waals surface area contributed by atoms with Crippen LogP contribution in [0.15, 0.2) is 133 Å². The van der Waals surface area contributed by atoms with Crippen LogP contribution >= 0.6 is 0 Å². The smallest absolute Gasteiger partial charge is 0.224 e. The number of nitrogens with two attached hydrogens (primary N) is 1. The Balaban J connectivity index is 1.06. The van der Waals surface area contributed by atoms with Crippen LogP contribution in [0.2, 0.25) is 0 Å². The first kappa shape index (κ1) is 39.4. The monoisotopic (exact) mass is 740 g/mol. The Morgan fingerprint density at radius 1 is 0.655 bits per heavy atom. The van der Waals surface area contributed by atoms with Crippen LogP contribution in [0.3, 0.4) is 0 Å². The highest BCUT2D eigenvalue weighted by atomic mass is 16.7. The van der Waals surface area contributed by atoms with Gasteiger partial charge in [0.15, 0.2) is 6.29 Å². The number of para-hydroxylation sites is 2. The van der Waals surface area contributed by atoms with Crippen molar-refractivity contribution in [2.75, 3.05) is 22.9 Å². The first-order valence-electron chi connectivity index (χ1n) is 19.3. The zero-order valence-corrected chi connectivity index (χ0v) is 31.3. The van der Waals surface area contributed by atoms with Crippen molar-refractivity contribution >= 4 is 28.9 Å². The van der Waals surface area contributed by atoms with Crippen LogP contribution in [0, 0.1) is 0 Å². The van der Waals surface area contributed by atoms with Gasteiger partial charge in [0.05, 0.1) is 30.2 Å². The van der Waals surface area contributed by atoms with Crippen LogP contribution in [-0.4, -0.2) is 34.5 Å². The number of benzene rings is 5. The molecule has 9 nitrogen and oxygen atoms in total. The minimum Gasteiger partial charge on any atom is -0.397 e. The molecule has 0 aromatic heterocycles. The Morgan fingerprint density at radius 2 is 1.27 bits per heavy atom. The number of hydrogen-bond donors (Lipinski definition) is 4. The molecular formula is C46H52N4O5. The molecule has 3 atom stereocenters. The van der Waals surface area contributed by atoms with Gasteiger partial charge in [-0.05, 0) is 59.4 Å². The van der Waals surface area contributed by atoms with Gasteiger partial charge in [-0.2, -0.15) is 0 Å². The molecule has 9 heteroatoms. The molecule has 0 spiro atoms. The van der Waals surface area contributed by atoms with E-state index in [2.05, 4.69) is 64.1 Å². The normalized spacial score (nSPS) is 16.8. The van der Waals surface area contributed by atoms with E-state index < -0.39 is 6.29 Å². The van der Waals surface area contributed by atoms with Gasteiger partial charge in [-0.25, -0.2) is 0 Å². The highest BCUT2D eigenvalue weighted by Gasteiger charge is 2.33. The van der Waals surface area contributed by atoms with Crippen molar-refractivity contribution in [2.24, 2.45) is 0 Å². The SMILES string of the molecule is Nc1ccccc1NC(=O)CCCCCCC(=O)Nc1cccc([C@H]2O[C@@H](CN(Cc3ccccc3)Cc3ccccc3)C[C@@H](c3ccc(CO)cc3)O2)c1. The van der Waals surface area contributed by atoms with Gasteiger partial charge in [-0.3, -0.25) is 14.5 Å². The predicted octanol–water partition coefficient (Wildman–Crippen LogP) is 8.93. The first-order chi connectivity index (χ1) is 26.9. The van der Waals surface area contributed by atoms with Gasteiger partial charge >= 0.3 is 0 Å². The van der Waals surface area contributed by atoms with Crippen molar-refractivity contribution in [3.63, 3.8) is 0 Å². The third-order valence-electron chi connectivity index (χ3n) is 9.81. The second-order valence-electron chi connectivity index (χ2n) is 14.2. The van der Waals surface area contributed by atoms with Crippen LogP contribution in [-0.2, 0) is 38.8 Å². The van der Waals surface area contributed by atoms with Gasteiger partial charge in [0.25, 0.3) is 0 Å². The summed E-state index contributed by atoms with van der Waals surface area (Å²) in [6, 6.07) is 43.8. The molecule has 0 saturated carbocycles. The van der Waals surface area contributed by atoms with Crippen LogP contribution in [0.4, 0.5) is 17.1 Å². The highest BCUT2D eigenvalue weighted by molar-refractivity contribution is 5.93. The van der Waals surface area contributed by atoms with Crippen molar-refractivity contribution in [3.05, 3.63) is 161 Å². The number of carbonyl (C=O) groups excluding carboxylic acids is 2. The second-order valence-corrected chi connectivity index (χ2v) is 14.2. The molecule has 6 rings (SSSR count). The lowest BCUT2D eigenvalue weighted by molar-refractivity contribution is -0.253. The van der Waals surface area contributed by atoms with Gasteiger partial charge in [-0.15, -0.1) is 0 Å². The van der Waals surface area contributed by atoms with Gasteiger partial charge in [-0.1, -0.05) is 122 Å². The topological polar surface area (TPSA) is 126 Å². The van der Waals surface area contributed by atoms with E-state index in [0.29, 0.717) is 42.9 Å². The lowest BCUT2D eigenvalue weighted by atomic mass is 9.99. The van der Waals surface area contributed by atoms with Gasteiger partial charge < -0.3 is 30.9 Å². The summed E-state index contributed by atoms with van der Waals surface area (Å²) in [5.41, 5.74) is 13.0. The van der Waals surface area contributed by atoms with E-state index in [1.165, 1.54) is 11.1 Å². The third kappa shape index (κ3) is 12.3. The Kier molecular flexibility index (Phi) is 14.6. The number of rotatable bonds is 18. The highest BCUT2D eigenvalue weighted by Crippen LogP contribution is 2.39. The second kappa shape index (κ2) is 20.4. The summed E-state index contributed by atoms with van der Waals surface area (Å²) in [6.45, 7) is 2.23. The summed E-state index contributed by atoms with van der Waals surface area (Å²) >= 11 is 0. The largest absolute Gasteiger partial charge is 0.397 e. The minimum atomic E-state index is -0.649. The van der Waals surface area contributed by atoms with Gasteiger partial charge in [0.2, 0.25) is 11.8 Å². The maximum atomic E-state index is 13.0. The number of unbranched alkanes of at least 4 members (excludes halogenated alkanes) is 3. The number of aliphatic hydroxyl groups excluding tert-OH is 1. The Bertz CT molecular complexity index is 1900. The van der Waals surface area contributed by atoms with E-state index in [9.17, 15) is 14.7 Å². The van der Waals surface area contributed by atoms with Crippen molar-refractivity contribution in [1.29, 1.82) is 0 Å². The molecule has 0 unspecified atom stereocenters. The lowest BCUT2D eigenvalue weighted by Gasteiger charge is -2.38. The molecule has 2 amide bonds. The van der Waals surface area contributed by atoms with Crippen molar-refractivity contribution in [2.45, 2.75) is 83.1 Å². The number of nitrogens with one attached hydrogen (secondary N) is 2. The molecule has 1 fully saturated rings. The molecule has 1 heterocycles. The number of amides is 2. The molecule has 286 valence electrons. The summed E-state index contributed by atoms with van der Waals surface area (Å²) in [6.07, 6.45) is 3.62. The summed E-state index contributed by atoms with van der Waals surface area (Å²) in [4.78, 5) is 27.7. The maximum Gasteiger partial charge on any atom is 0.224 e. The molecule has 5 aromatic carbocycles. The predicted molar refractivity (Wildman–Crippen MR) is 218 cm³/mol. The van der Waals surface area contributed by atoms with Crippen molar-refractivity contribution < 1.29 is 24.2 Å². The molecule has 0 radical (unpaired) electrons. The van der Waals surface area contributed by atoms with Gasteiger partial charge in [0, 0.05) is 50.1 Å². The van der Waals surface area contributed by atoms with Crippen LogP contribution < -0.4 is 16.4 Å². The molecule has 55 heavy (non-hydrogen) atoms. The van der Waals surface area contributed by atoms with E-state index in [4.69, 9.17) is 15.2 Å². The molecule has 1 aliphatic heterocycles. The number of carbonyl (C=O) groups is 2. The fourth-order valence-electron chi connectivity index (χ4n) is 6.92. The molecule has 0 bridgehead atoms. The Hall–Kier alpha value is -5.32. The van der Waals surface area contributed by atoms with Crippen LogP contribution in [0.1, 0.15) is 85.2 Å². The summed E-state index contributed by atoms with van der Waals surface area (Å²) in [5.74, 6) is -0.118. The van der Waals surface area contributed by atoms with Crippen LogP contribution in [0.25, 0.3) is 0 Å². The number of hydrogen-bond acceptors (Lipinski definition) is 7. The molecule has 5 aromatic rings. The average molecular weight is 741 g/mol. The summed E-state index contributed by atoms with van der Waals surface area (Å²) < 4.78 is 13.4. The number of anilines is 3. The minimum absolute atomic E-state index is 0.0171. The van der Waals surface area contributed by atoms with Crippen molar-refractivity contribution in [1.82, 2.24) is 4.90 Å². The molecule has 5 N–H and O–H groups in total. The average Bonchev–Trinajstić information content (AvgIpc) is 3.21.